The zero-order valence-corrected chi connectivity index (χ0v) is 8.98. The molecule has 0 aliphatic heterocycles. The summed E-state index contributed by atoms with van der Waals surface area (Å²) in [7, 11) is 0. The summed E-state index contributed by atoms with van der Waals surface area (Å²) in [6.07, 6.45) is -5.60. The van der Waals surface area contributed by atoms with Crippen molar-refractivity contribution in [2.75, 3.05) is 6.54 Å². The first-order valence-corrected chi connectivity index (χ1v) is 5.00. The van der Waals surface area contributed by atoms with Crippen LogP contribution in [-0.4, -0.2) is 30.3 Å². The normalized spacial score (nSPS) is 12.2. The van der Waals surface area contributed by atoms with Crippen molar-refractivity contribution in [3.8, 4) is 0 Å². The Morgan fingerprint density at radius 1 is 1.35 bits per heavy atom. The molecule has 0 aliphatic carbocycles. The number of aliphatic hydroxyl groups is 1. The number of nitrogens with one attached hydrogen (secondary N) is 1. The third kappa shape index (κ3) is 5.26. The maximum Gasteiger partial charge on any atom is 0.407 e. The van der Waals surface area contributed by atoms with E-state index < -0.39 is 25.2 Å². The number of alkyl halides is 2. The molecule has 0 spiro atoms. The van der Waals surface area contributed by atoms with Crippen molar-refractivity contribution in [2.24, 2.45) is 0 Å². The van der Waals surface area contributed by atoms with Crippen LogP contribution in [0.25, 0.3) is 0 Å². The highest BCUT2D eigenvalue weighted by molar-refractivity contribution is 5.67. The number of ether oxygens (including phenoxy) is 1. The van der Waals surface area contributed by atoms with E-state index in [9.17, 15) is 13.6 Å². The summed E-state index contributed by atoms with van der Waals surface area (Å²) in [4.78, 5) is 11.1. The number of alkyl carbamates (subject to hydrolysis) is 1. The Kier molecular flexibility index (Phi) is 5.35. The second-order valence-corrected chi connectivity index (χ2v) is 3.34. The third-order valence-corrected chi connectivity index (χ3v) is 1.96. The number of hydrogen-bond acceptors (Lipinski definition) is 3. The molecule has 17 heavy (non-hydrogen) atoms. The molecular weight excluding hydrogens is 232 g/mol. The summed E-state index contributed by atoms with van der Waals surface area (Å²) in [5, 5.41) is 10.8. The van der Waals surface area contributed by atoms with Gasteiger partial charge in [0.1, 0.15) is 12.7 Å². The molecule has 0 saturated heterocycles. The SMILES string of the molecule is O=C(NC[C@H](O)C(F)F)OCc1ccccc1. The number of halogens is 2. The van der Waals surface area contributed by atoms with Crippen molar-refractivity contribution in [3.05, 3.63) is 35.9 Å². The van der Waals surface area contributed by atoms with Gasteiger partial charge < -0.3 is 15.2 Å². The molecule has 1 aromatic carbocycles. The molecular formula is C11H13F2NO3. The van der Waals surface area contributed by atoms with Gasteiger partial charge >= 0.3 is 6.09 Å². The molecule has 0 bridgehead atoms. The fraction of sp³-hybridized carbons (Fsp3) is 0.364. The molecule has 1 amide bonds. The fourth-order valence-electron chi connectivity index (χ4n) is 1.05. The van der Waals surface area contributed by atoms with E-state index in [-0.39, 0.29) is 6.61 Å². The van der Waals surface area contributed by atoms with E-state index in [0.717, 1.165) is 5.56 Å². The van der Waals surface area contributed by atoms with Crippen molar-refractivity contribution in [3.63, 3.8) is 0 Å². The van der Waals surface area contributed by atoms with Gasteiger partial charge in [0.25, 0.3) is 6.43 Å². The molecule has 0 saturated carbocycles. The van der Waals surface area contributed by atoms with E-state index in [1.165, 1.54) is 0 Å². The lowest BCUT2D eigenvalue weighted by atomic mass is 10.2. The fourth-order valence-corrected chi connectivity index (χ4v) is 1.05. The molecule has 2 N–H and O–H groups in total. The number of carbonyl (C=O) groups excluding carboxylic acids is 1. The average Bonchev–Trinajstić information content (AvgIpc) is 2.34. The first-order valence-electron chi connectivity index (χ1n) is 5.00. The minimum Gasteiger partial charge on any atom is -0.445 e. The number of carbonyl (C=O) groups is 1. The lowest BCUT2D eigenvalue weighted by Crippen LogP contribution is -2.36. The summed E-state index contributed by atoms with van der Waals surface area (Å²) >= 11 is 0. The van der Waals surface area contributed by atoms with Crippen LogP contribution in [0.2, 0.25) is 0 Å². The van der Waals surface area contributed by atoms with E-state index in [1.807, 2.05) is 11.4 Å². The Bertz CT molecular complexity index is 346. The van der Waals surface area contributed by atoms with E-state index in [2.05, 4.69) is 0 Å². The van der Waals surface area contributed by atoms with Gasteiger partial charge in [-0.25, -0.2) is 13.6 Å². The Labute approximate surface area is 97.2 Å². The summed E-state index contributed by atoms with van der Waals surface area (Å²) in [5.41, 5.74) is 0.789. The van der Waals surface area contributed by atoms with Crippen molar-refractivity contribution in [2.45, 2.75) is 19.1 Å². The van der Waals surface area contributed by atoms with Crippen LogP contribution in [0.5, 0.6) is 0 Å². The molecule has 1 aromatic rings. The highest BCUT2D eigenvalue weighted by Crippen LogP contribution is 2.01. The number of amides is 1. The molecule has 0 aromatic heterocycles. The molecule has 0 fully saturated rings. The largest absolute Gasteiger partial charge is 0.445 e. The third-order valence-electron chi connectivity index (χ3n) is 1.96. The topological polar surface area (TPSA) is 58.6 Å². The lowest BCUT2D eigenvalue weighted by Gasteiger charge is -2.10. The Morgan fingerprint density at radius 3 is 2.59 bits per heavy atom. The van der Waals surface area contributed by atoms with E-state index in [0.29, 0.717) is 0 Å². The maximum absolute atomic E-state index is 11.9. The molecule has 1 rings (SSSR count). The van der Waals surface area contributed by atoms with Crippen LogP contribution >= 0.6 is 0 Å². The summed E-state index contributed by atoms with van der Waals surface area (Å²) < 4.78 is 28.5. The van der Waals surface area contributed by atoms with E-state index in [1.54, 1.807) is 24.3 Å². The van der Waals surface area contributed by atoms with Gasteiger partial charge in [0.05, 0.1) is 6.54 Å². The van der Waals surface area contributed by atoms with Crippen LogP contribution in [0.1, 0.15) is 5.56 Å². The highest BCUT2D eigenvalue weighted by atomic mass is 19.3. The first-order chi connectivity index (χ1) is 8.09. The molecule has 6 heteroatoms. The second-order valence-electron chi connectivity index (χ2n) is 3.34. The quantitative estimate of drug-likeness (QED) is 0.827. The van der Waals surface area contributed by atoms with Gasteiger partial charge in [-0.1, -0.05) is 30.3 Å². The van der Waals surface area contributed by atoms with Gasteiger partial charge in [0.15, 0.2) is 0 Å². The summed E-state index contributed by atoms with van der Waals surface area (Å²) in [6, 6.07) is 8.93. The van der Waals surface area contributed by atoms with Gasteiger partial charge in [-0.2, -0.15) is 0 Å². The average molecular weight is 245 g/mol. The molecule has 0 unspecified atom stereocenters. The Hall–Kier alpha value is -1.69. The standard InChI is InChI=1S/C11H13F2NO3/c12-10(13)9(15)6-14-11(16)17-7-8-4-2-1-3-5-8/h1-5,9-10,15H,6-7H2,(H,14,16)/t9-/m0/s1. The molecule has 0 aliphatic rings. The molecule has 4 nitrogen and oxygen atoms in total. The number of aliphatic hydroxyl groups excluding tert-OH is 1. The molecule has 1 atom stereocenters. The van der Waals surface area contributed by atoms with E-state index >= 15 is 0 Å². The zero-order valence-electron chi connectivity index (χ0n) is 8.98. The van der Waals surface area contributed by atoms with Crippen LogP contribution in [-0.2, 0) is 11.3 Å². The predicted molar refractivity (Wildman–Crippen MR) is 56.6 cm³/mol. The van der Waals surface area contributed by atoms with Gasteiger partial charge in [0.2, 0.25) is 0 Å². The van der Waals surface area contributed by atoms with Crippen LogP contribution in [0.15, 0.2) is 30.3 Å². The minimum absolute atomic E-state index is 0.0530. The van der Waals surface area contributed by atoms with Gasteiger partial charge in [-0.05, 0) is 5.56 Å². The molecule has 0 heterocycles. The van der Waals surface area contributed by atoms with Gasteiger partial charge in [-0.15, -0.1) is 0 Å². The lowest BCUT2D eigenvalue weighted by molar-refractivity contribution is -0.00341. The summed E-state index contributed by atoms with van der Waals surface area (Å²) in [6.45, 7) is -0.483. The van der Waals surface area contributed by atoms with Crippen molar-refractivity contribution < 1.29 is 23.4 Å². The van der Waals surface area contributed by atoms with Crippen LogP contribution in [0.3, 0.4) is 0 Å². The Balaban J connectivity index is 2.22. The minimum atomic E-state index is -2.88. The zero-order chi connectivity index (χ0) is 12.7. The molecule has 94 valence electrons. The van der Waals surface area contributed by atoms with Crippen LogP contribution in [0, 0.1) is 0 Å². The molecule has 0 radical (unpaired) electrons. The van der Waals surface area contributed by atoms with Crippen molar-refractivity contribution in [1.29, 1.82) is 0 Å². The van der Waals surface area contributed by atoms with Crippen LogP contribution < -0.4 is 5.32 Å². The van der Waals surface area contributed by atoms with E-state index in [4.69, 9.17) is 9.84 Å². The monoisotopic (exact) mass is 245 g/mol. The number of hydrogen-bond donors (Lipinski definition) is 2. The number of benzene rings is 1. The smallest absolute Gasteiger partial charge is 0.407 e. The number of rotatable bonds is 5. The highest BCUT2D eigenvalue weighted by Gasteiger charge is 2.17. The van der Waals surface area contributed by atoms with Gasteiger partial charge in [-0.3, -0.25) is 0 Å². The van der Waals surface area contributed by atoms with Gasteiger partial charge in [0, 0.05) is 0 Å². The first kappa shape index (κ1) is 13.4. The summed E-state index contributed by atoms with van der Waals surface area (Å²) in [5.74, 6) is 0. The van der Waals surface area contributed by atoms with Crippen molar-refractivity contribution >= 4 is 6.09 Å². The van der Waals surface area contributed by atoms with Crippen LogP contribution in [0.4, 0.5) is 13.6 Å². The predicted octanol–water partition coefficient (Wildman–Crippen LogP) is 1.54. The Morgan fingerprint density at radius 2 is 2.00 bits per heavy atom. The van der Waals surface area contributed by atoms with Crippen molar-refractivity contribution in [1.82, 2.24) is 5.32 Å². The maximum atomic E-state index is 11.9. The second kappa shape index (κ2) is 6.80.